The summed E-state index contributed by atoms with van der Waals surface area (Å²) < 4.78 is 5.05. The van der Waals surface area contributed by atoms with Gasteiger partial charge in [-0.2, -0.15) is 0 Å². The summed E-state index contributed by atoms with van der Waals surface area (Å²) in [6.07, 6.45) is 9.22. The molecule has 0 saturated heterocycles. The van der Waals surface area contributed by atoms with Gasteiger partial charge >= 0.3 is 224 Å². The molecule has 4 aromatic rings. The minimum atomic E-state index is -2.20. The van der Waals surface area contributed by atoms with Crippen LogP contribution in [0, 0.1) is 13.8 Å². The second kappa shape index (κ2) is 11.8. The van der Waals surface area contributed by atoms with Crippen molar-refractivity contribution in [2.75, 3.05) is 0 Å². The molecule has 0 radical (unpaired) electrons. The molecule has 190 valence electrons. The van der Waals surface area contributed by atoms with Crippen LogP contribution in [0.5, 0.6) is 0 Å². The van der Waals surface area contributed by atoms with Gasteiger partial charge in [0.1, 0.15) is 0 Å². The van der Waals surface area contributed by atoms with Crippen molar-refractivity contribution in [2.24, 2.45) is 0 Å². The van der Waals surface area contributed by atoms with Crippen LogP contribution in [-0.2, 0) is 27.7 Å². The van der Waals surface area contributed by atoms with Gasteiger partial charge in [-0.15, -0.1) is 0 Å². The molecule has 0 heterocycles. The molecule has 0 bridgehead atoms. The van der Waals surface area contributed by atoms with E-state index in [-0.39, 0.29) is 24.8 Å². The number of rotatable bonds is 4. The maximum absolute atomic E-state index is 2.56. The smallest absolute Gasteiger partial charge is 1.00 e. The molecule has 38 heavy (non-hydrogen) atoms. The number of hydrogen-bond acceptors (Lipinski definition) is 0. The van der Waals surface area contributed by atoms with Gasteiger partial charge in [-0.05, 0) is 0 Å². The van der Waals surface area contributed by atoms with Gasteiger partial charge in [0.05, 0.1) is 0 Å². The summed E-state index contributed by atoms with van der Waals surface area (Å²) in [6.45, 7) is 9.50. The summed E-state index contributed by atoms with van der Waals surface area (Å²) >= 11 is -2.20. The monoisotopic (exact) mass is 612 g/mol. The molecule has 0 saturated carbocycles. The molecular formula is C35H32Cl2Zr. The van der Waals surface area contributed by atoms with E-state index in [0.29, 0.717) is 0 Å². The molecule has 2 aliphatic carbocycles. The molecule has 0 unspecified atom stereocenters. The molecule has 4 aromatic carbocycles. The molecule has 3 heteroatoms. The molecule has 0 nitrogen and oxygen atoms in total. The molecule has 0 fully saturated rings. The number of halogens is 2. The molecular weight excluding hydrogens is 583 g/mol. The maximum Gasteiger partial charge on any atom is -1.00 e. The van der Waals surface area contributed by atoms with Crippen LogP contribution in [0.3, 0.4) is 0 Å². The summed E-state index contributed by atoms with van der Waals surface area (Å²) in [5.74, 6) is 0. The Morgan fingerprint density at radius 2 is 1.32 bits per heavy atom. The van der Waals surface area contributed by atoms with E-state index >= 15 is 0 Å². The predicted octanol–water partition coefficient (Wildman–Crippen LogP) is 2.52. The fourth-order valence-electron chi connectivity index (χ4n) is 6.12. The van der Waals surface area contributed by atoms with Crippen molar-refractivity contribution in [3.05, 3.63) is 123 Å². The number of aryl methyl sites for hydroxylation is 1. The van der Waals surface area contributed by atoms with Gasteiger partial charge in [0.15, 0.2) is 0 Å². The minimum Gasteiger partial charge on any atom is -1.00 e. The predicted molar refractivity (Wildman–Crippen MR) is 153 cm³/mol. The van der Waals surface area contributed by atoms with E-state index in [1.807, 2.05) is 0 Å². The molecule has 0 N–H and O–H groups in total. The van der Waals surface area contributed by atoms with Gasteiger partial charge < -0.3 is 24.8 Å². The van der Waals surface area contributed by atoms with E-state index in [4.69, 9.17) is 0 Å². The van der Waals surface area contributed by atoms with E-state index in [0.717, 1.165) is 12.8 Å². The van der Waals surface area contributed by atoms with Crippen LogP contribution >= 0.6 is 0 Å². The van der Waals surface area contributed by atoms with Crippen molar-refractivity contribution in [3.8, 4) is 33.4 Å². The summed E-state index contributed by atoms with van der Waals surface area (Å²) in [4.78, 5) is 0. The quantitative estimate of drug-likeness (QED) is 0.292. The first-order valence-corrected chi connectivity index (χ1v) is 16.7. The van der Waals surface area contributed by atoms with Crippen molar-refractivity contribution in [3.63, 3.8) is 0 Å². The van der Waals surface area contributed by atoms with Crippen LogP contribution < -0.4 is 28.1 Å². The van der Waals surface area contributed by atoms with E-state index in [2.05, 4.69) is 125 Å². The average molecular weight is 615 g/mol. The fraction of sp³-hybridized carbons (Fsp3) is 0.171. The number of benzene rings is 4. The van der Waals surface area contributed by atoms with Crippen molar-refractivity contribution in [2.45, 2.75) is 40.5 Å². The number of allylic oxidation sites excluding steroid dienone is 4. The molecule has 0 atom stereocenters. The van der Waals surface area contributed by atoms with Crippen LogP contribution in [0.2, 0.25) is 0 Å². The normalized spacial score (nSPS) is 12.4. The number of fused-ring (bicyclic) bond motifs is 3. The van der Waals surface area contributed by atoms with Crippen LogP contribution in [-0.4, -0.2) is 3.21 Å². The third-order valence-electron chi connectivity index (χ3n) is 7.86. The second-order valence-electron chi connectivity index (χ2n) is 10.4. The Morgan fingerprint density at radius 1 is 0.684 bits per heavy atom. The van der Waals surface area contributed by atoms with Crippen LogP contribution in [0.1, 0.15) is 42.5 Å². The standard InChI is InChI=1S/C27H21.C5H5.C3H6.2ClH.Zr/c1-18-13-22(20-9-5-3-6-10-20)15-26-24(18)17-25-19(2)14-23(16-27(25)26)21-11-7-4-8-12-21;1-2-4-5-3-1;1-3-2;;;/h3-13,15-16H,17H2,1-2H3;1-3H,4H2;1-2H3;2*1H;/q;;;;;+2/p-2. The van der Waals surface area contributed by atoms with Crippen molar-refractivity contribution < 1.29 is 46.1 Å². The number of hydrogen-bond donors (Lipinski definition) is 0. The molecule has 6 rings (SSSR count). The van der Waals surface area contributed by atoms with Crippen molar-refractivity contribution in [1.29, 1.82) is 0 Å². The molecule has 0 amide bonds. The fourth-order valence-corrected chi connectivity index (χ4v) is 13.6. The van der Waals surface area contributed by atoms with Gasteiger partial charge in [-0.3, -0.25) is 0 Å². The molecule has 0 aromatic heterocycles. The first-order valence-electron chi connectivity index (χ1n) is 13.0. The molecule has 0 aliphatic heterocycles. The molecule has 2 aliphatic rings. The Kier molecular flexibility index (Phi) is 8.94. The summed E-state index contributed by atoms with van der Waals surface area (Å²) in [7, 11) is 0. The summed E-state index contributed by atoms with van der Waals surface area (Å²) in [5, 5.41) is 0. The van der Waals surface area contributed by atoms with E-state index in [1.54, 1.807) is 20.9 Å². The van der Waals surface area contributed by atoms with Gasteiger partial charge in [0.25, 0.3) is 0 Å². The van der Waals surface area contributed by atoms with E-state index in [9.17, 15) is 0 Å². The van der Waals surface area contributed by atoms with E-state index in [1.165, 1.54) is 44.5 Å². The van der Waals surface area contributed by atoms with E-state index < -0.39 is 21.3 Å². The zero-order chi connectivity index (χ0) is 24.8. The Morgan fingerprint density at radius 3 is 1.92 bits per heavy atom. The first kappa shape index (κ1) is 28.7. The Hall–Kier alpha value is -2.31. The zero-order valence-corrected chi connectivity index (χ0v) is 26.4. The maximum atomic E-state index is 2.56. The van der Waals surface area contributed by atoms with Crippen molar-refractivity contribution in [1.82, 2.24) is 0 Å². The SMILES string of the molecule is C[C](C)=[Zr+2]([C]1=CC=CC1)[c]1c(-c2ccccc2)cc2c(c1C)Cc1c(C)cc(-c3ccccc3)cc1-2.[Cl-].[Cl-]. The third kappa shape index (κ3) is 5.02. The Balaban J connectivity index is 0.00000168. The summed E-state index contributed by atoms with van der Waals surface area (Å²) in [6, 6.07) is 29.3. The first-order chi connectivity index (χ1) is 17.5. The minimum absolute atomic E-state index is 0. The van der Waals surface area contributed by atoms with Gasteiger partial charge in [-0.1, -0.05) is 0 Å². The van der Waals surface area contributed by atoms with Crippen LogP contribution in [0.25, 0.3) is 33.4 Å². The second-order valence-corrected chi connectivity index (χ2v) is 17.5. The molecule has 0 spiro atoms. The topological polar surface area (TPSA) is 0 Å². The largest absolute Gasteiger partial charge is 1.00 e. The van der Waals surface area contributed by atoms with Crippen molar-refractivity contribution >= 4 is 6.48 Å². The Bertz CT molecular complexity index is 1590. The zero-order valence-electron chi connectivity index (χ0n) is 22.4. The third-order valence-corrected chi connectivity index (χ3v) is 15.6. The van der Waals surface area contributed by atoms with Crippen LogP contribution in [0.4, 0.5) is 0 Å². The summed E-state index contributed by atoms with van der Waals surface area (Å²) in [5.41, 5.74) is 14.3. The average Bonchev–Trinajstić information content (AvgIpc) is 3.55. The van der Waals surface area contributed by atoms with Gasteiger partial charge in [0.2, 0.25) is 0 Å². The van der Waals surface area contributed by atoms with Gasteiger partial charge in [0, 0.05) is 0 Å². The van der Waals surface area contributed by atoms with Crippen LogP contribution in [0.15, 0.2) is 100 Å². The Labute approximate surface area is 247 Å². The van der Waals surface area contributed by atoms with Gasteiger partial charge in [-0.25, -0.2) is 0 Å².